The zero-order valence-corrected chi connectivity index (χ0v) is 24.4. The Morgan fingerprint density at radius 2 is 1.95 bits per heavy atom. The Morgan fingerprint density at radius 1 is 1.17 bits per heavy atom. The van der Waals surface area contributed by atoms with E-state index in [1.807, 2.05) is 31.4 Å². The molecule has 1 aliphatic carbocycles. The van der Waals surface area contributed by atoms with E-state index in [0.29, 0.717) is 17.3 Å². The number of nitrogens with two attached hydrogens (primary N) is 2. The number of allylic oxidation sites excluding steroid dienone is 1. The number of rotatable bonds is 10. The van der Waals surface area contributed by atoms with Crippen molar-refractivity contribution in [1.29, 1.82) is 0 Å². The molecule has 0 bridgehead atoms. The number of methoxy groups -OCH3 is 2. The van der Waals surface area contributed by atoms with Gasteiger partial charge in [0.25, 0.3) is 0 Å². The zero-order chi connectivity index (χ0) is 29.3. The third-order valence-electron chi connectivity index (χ3n) is 7.15. The summed E-state index contributed by atoms with van der Waals surface area (Å²) in [5, 5.41) is 5.51. The van der Waals surface area contributed by atoms with Gasteiger partial charge in [-0.2, -0.15) is 5.10 Å². The monoisotopic (exact) mass is 555 g/mol. The second-order valence-corrected chi connectivity index (χ2v) is 10.5. The highest BCUT2D eigenvalue weighted by molar-refractivity contribution is 5.98. The van der Waals surface area contributed by atoms with Crippen LogP contribution in [0.4, 0.5) is 5.69 Å². The molecule has 1 aliphatic rings. The molecule has 1 aromatic carbocycles. The van der Waals surface area contributed by atoms with E-state index < -0.39 is 0 Å². The number of hydrogen-bond donors (Lipinski definition) is 2. The van der Waals surface area contributed by atoms with Crippen LogP contribution in [0.25, 0.3) is 33.7 Å². The molecule has 214 valence electrons. The molecule has 0 saturated heterocycles. The Labute approximate surface area is 239 Å². The summed E-state index contributed by atoms with van der Waals surface area (Å²) in [6, 6.07) is 7.98. The Balaban J connectivity index is 1.68. The number of anilines is 1. The van der Waals surface area contributed by atoms with Crippen molar-refractivity contribution < 1.29 is 9.47 Å². The molecule has 4 N–H and O–H groups in total. The molecule has 1 saturated carbocycles. The molecule has 3 heterocycles. The first-order valence-electron chi connectivity index (χ1n) is 13.6. The second kappa shape index (κ2) is 11.5. The lowest BCUT2D eigenvalue weighted by molar-refractivity contribution is 0.209. The van der Waals surface area contributed by atoms with Crippen molar-refractivity contribution in [2.24, 2.45) is 29.8 Å². The van der Waals surface area contributed by atoms with E-state index in [4.69, 9.17) is 30.9 Å². The van der Waals surface area contributed by atoms with Crippen LogP contribution < -0.4 is 11.5 Å². The van der Waals surface area contributed by atoms with Crippen LogP contribution >= 0.6 is 0 Å². The molecule has 0 radical (unpaired) electrons. The van der Waals surface area contributed by atoms with E-state index in [1.54, 1.807) is 18.0 Å². The molecular weight excluding hydrogens is 518 g/mol. The molecule has 0 aliphatic heterocycles. The summed E-state index contributed by atoms with van der Waals surface area (Å²) >= 11 is 0. The number of aliphatic imine (C=N–C) groups is 2. The lowest BCUT2D eigenvalue weighted by atomic mass is 10.0. The summed E-state index contributed by atoms with van der Waals surface area (Å²) in [4.78, 5) is 19.0. The fraction of sp³-hybridized carbons (Fsp3) is 0.367. The second-order valence-electron chi connectivity index (χ2n) is 10.5. The maximum absolute atomic E-state index is 6.52. The zero-order valence-electron chi connectivity index (χ0n) is 24.4. The van der Waals surface area contributed by atoms with E-state index in [-0.39, 0.29) is 18.5 Å². The fourth-order valence-electron chi connectivity index (χ4n) is 5.01. The van der Waals surface area contributed by atoms with Crippen LogP contribution in [0.5, 0.6) is 0 Å². The van der Waals surface area contributed by atoms with Crippen molar-refractivity contribution in [3.8, 4) is 22.6 Å². The third kappa shape index (κ3) is 5.58. The van der Waals surface area contributed by atoms with Crippen molar-refractivity contribution in [2.75, 3.05) is 26.7 Å². The van der Waals surface area contributed by atoms with Gasteiger partial charge in [0.1, 0.15) is 18.3 Å². The fourth-order valence-corrected chi connectivity index (χ4v) is 5.01. The minimum Gasteiger partial charge on any atom is -0.481 e. The first-order valence-corrected chi connectivity index (χ1v) is 13.6. The molecule has 0 spiro atoms. The van der Waals surface area contributed by atoms with Crippen LogP contribution in [-0.4, -0.2) is 57.7 Å². The van der Waals surface area contributed by atoms with Crippen molar-refractivity contribution >= 4 is 29.1 Å². The van der Waals surface area contributed by atoms with Crippen molar-refractivity contribution in [3.63, 3.8) is 0 Å². The molecule has 0 amide bonds. The number of aryl methyl sites for hydroxylation is 1. The van der Waals surface area contributed by atoms with E-state index in [2.05, 4.69) is 46.6 Å². The summed E-state index contributed by atoms with van der Waals surface area (Å²) in [5.41, 5.74) is 19.9. The van der Waals surface area contributed by atoms with Crippen LogP contribution in [0.3, 0.4) is 0 Å². The molecule has 1 fully saturated rings. The number of fused-ring (bicyclic) bond motifs is 1. The molecule has 4 aromatic rings. The smallest absolute Gasteiger partial charge is 0.212 e. The van der Waals surface area contributed by atoms with Crippen molar-refractivity contribution in [2.45, 2.75) is 38.5 Å². The van der Waals surface area contributed by atoms with Gasteiger partial charge in [0.15, 0.2) is 5.65 Å². The van der Waals surface area contributed by atoms with Crippen LogP contribution in [0.2, 0.25) is 0 Å². The summed E-state index contributed by atoms with van der Waals surface area (Å²) in [7, 11) is 7.04. The van der Waals surface area contributed by atoms with Crippen LogP contribution in [0, 0.1) is 0 Å². The van der Waals surface area contributed by atoms with E-state index in [9.17, 15) is 0 Å². The lowest BCUT2D eigenvalue weighted by Gasteiger charge is -2.12. The Bertz CT molecular complexity index is 1670. The summed E-state index contributed by atoms with van der Waals surface area (Å²) in [5.74, 6) is 1.61. The SMILES string of the molecule is COC/N=C/C(N=Cc1c(N)cccc1-c1nc(-c2cc3cn(C)nc3nc2C(C)C)n(C)c1C1CC1)=C(\N)OC. The number of hydrogen-bond acceptors (Lipinski definition) is 9. The first kappa shape index (κ1) is 28.0. The highest BCUT2D eigenvalue weighted by Crippen LogP contribution is 2.47. The number of pyridine rings is 1. The number of benzene rings is 1. The highest BCUT2D eigenvalue weighted by atomic mass is 16.5. The number of imidazole rings is 1. The number of nitrogens with zero attached hydrogens (tertiary/aromatic N) is 7. The predicted octanol–water partition coefficient (Wildman–Crippen LogP) is 4.49. The van der Waals surface area contributed by atoms with Gasteiger partial charge in [0.2, 0.25) is 5.88 Å². The van der Waals surface area contributed by atoms with E-state index in [0.717, 1.165) is 57.8 Å². The summed E-state index contributed by atoms with van der Waals surface area (Å²) in [6.45, 7) is 4.46. The van der Waals surface area contributed by atoms with Crippen molar-refractivity contribution in [1.82, 2.24) is 24.3 Å². The lowest BCUT2D eigenvalue weighted by Crippen LogP contribution is -2.06. The number of aromatic nitrogens is 5. The topological polar surface area (TPSA) is 144 Å². The average Bonchev–Trinajstić information content (AvgIpc) is 3.63. The molecule has 0 unspecified atom stereocenters. The molecule has 11 heteroatoms. The van der Waals surface area contributed by atoms with Gasteiger partial charge < -0.3 is 25.5 Å². The summed E-state index contributed by atoms with van der Waals surface area (Å²) in [6.07, 6.45) is 7.42. The maximum Gasteiger partial charge on any atom is 0.212 e. The van der Waals surface area contributed by atoms with Gasteiger partial charge in [-0.25, -0.2) is 15.0 Å². The largest absolute Gasteiger partial charge is 0.481 e. The molecule has 0 atom stereocenters. The Kier molecular flexibility index (Phi) is 7.89. The van der Waals surface area contributed by atoms with E-state index >= 15 is 0 Å². The Morgan fingerprint density at radius 3 is 2.63 bits per heavy atom. The molecule has 3 aromatic heterocycles. The van der Waals surface area contributed by atoms with Gasteiger partial charge >= 0.3 is 0 Å². The Hall–Kier alpha value is -4.51. The minimum absolute atomic E-state index is 0.135. The highest BCUT2D eigenvalue weighted by Gasteiger charge is 2.33. The van der Waals surface area contributed by atoms with Gasteiger partial charge in [0, 0.05) is 73.0 Å². The standard InChI is InChI=1S/C30H37N9O2/c1-17(2)25-21(12-19-15-38(3)37-29(19)35-25)30-36-26(27(39(30)4)18-10-11-18)20-8-7-9-23(31)22(20)13-34-24(28(32)41-6)14-33-16-40-5/h7-9,12-15,17-18H,10-11,16,31-32H2,1-6H3/b28-24-,33-14+,34-13?. The van der Waals surface area contributed by atoms with Crippen molar-refractivity contribution in [3.05, 3.63) is 59.0 Å². The van der Waals surface area contributed by atoms with Gasteiger partial charge in [-0.3, -0.25) is 9.67 Å². The van der Waals surface area contributed by atoms with Crippen LogP contribution in [-0.2, 0) is 23.6 Å². The molecule has 5 rings (SSSR count). The minimum atomic E-state index is 0.135. The van der Waals surface area contributed by atoms with Gasteiger partial charge in [-0.05, 0) is 30.9 Å². The van der Waals surface area contributed by atoms with Crippen LogP contribution in [0.1, 0.15) is 55.5 Å². The number of ether oxygens (including phenoxy) is 2. The predicted molar refractivity (Wildman–Crippen MR) is 163 cm³/mol. The third-order valence-corrected chi connectivity index (χ3v) is 7.15. The first-order chi connectivity index (χ1) is 19.7. The molecular formula is C30H37N9O2. The van der Waals surface area contributed by atoms with Gasteiger partial charge in [-0.1, -0.05) is 26.0 Å². The number of nitrogen functional groups attached to an aromatic ring is 1. The molecule has 41 heavy (non-hydrogen) atoms. The maximum atomic E-state index is 6.52. The molecule has 11 nitrogen and oxygen atoms in total. The average molecular weight is 556 g/mol. The van der Waals surface area contributed by atoms with Gasteiger partial charge in [-0.15, -0.1) is 0 Å². The van der Waals surface area contributed by atoms with Crippen LogP contribution in [0.15, 0.2) is 52.0 Å². The van der Waals surface area contributed by atoms with E-state index in [1.165, 1.54) is 19.0 Å². The quantitative estimate of drug-likeness (QED) is 0.167. The normalized spacial score (nSPS) is 14.6. The summed E-state index contributed by atoms with van der Waals surface area (Å²) < 4.78 is 14.2. The van der Waals surface area contributed by atoms with Gasteiger partial charge in [0.05, 0.1) is 24.7 Å².